The first-order valence-corrected chi connectivity index (χ1v) is 7.10. The molecule has 0 radical (unpaired) electrons. The molecule has 0 N–H and O–H groups in total. The van der Waals surface area contributed by atoms with Crippen molar-refractivity contribution >= 4 is 43.2 Å². The maximum absolute atomic E-state index is 13.5. The fourth-order valence-corrected chi connectivity index (χ4v) is 3.50. The van der Waals surface area contributed by atoms with E-state index in [1.807, 2.05) is 0 Å². The van der Waals surface area contributed by atoms with Gasteiger partial charge in [0, 0.05) is 17.7 Å². The van der Waals surface area contributed by atoms with E-state index in [9.17, 15) is 13.2 Å². The summed E-state index contributed by atoms with van der Waals surface area (Å²) in [7, 11) is 0. The van der Waals surface area contributed by atoms with Crippen LogP contribution in [0.5, 0.6) is 0 Å². The highest BCUT2D eigenvalue weighted by Crippen LogP contribution is 2.37. The summed E-state index contributed by atoms with van der Waals surface area (Å²) >= 11 is 7.90. The van der Waals surface area contributed by atoms with Crippen LogP contribution >= 0.6 is 43.2 Å². The van der Waals surface area contributed by atoms with Crippen molar-refractivity contribution in [2.75, 3.05) is 0 Å². The molecule has 2 aromatic rings. The molecular weight excluding hydrogens is 381 g/mol. The zero-order valence-corrected chi connectivity index (χ0v) is 12.2. The average molecular weight is 386 g/mol. The highest BCUT2D eigenvalue weighted by molar-refractivity contribution is 9.11. The molecule has 0 saturated heterocycles. The van der Waals surface area contributed by atoms with Crippen molar-refractivity contribution < 1.29 is 13.2 Å². The fourth-order valence-electron chi connectivity index (χ4n) is 1.42. The fraction of sp³-hybridized carbons (Fsp3) is 0.0909. The smallest absolute Gasteiger partial charge is 0.133 e. The van der Waals surface area contributed by atoms with Gasteiger partial charge < -0.3 is 0 Å². The predicted octanol–water partition coefficient (Wildman–Crippen LogP) is 5.41. The third-order valence-corrected chi connectivity index (χ3v) is 4.69. The molecule has 6 heteroatoms. The molecule has 0 nitrogen and oxygen atoms in total. The lowest BCUT2D eigenvalue weighted by atomic mass is 10.1. The standard InChI is InChI=1S/C11H5Br2F3S/c12-9-1-5(4-17-9)11(13)10-7(15)2-6(14)3-8(10)16/h1-4,11H. The molecule has 0 spiro atoms. The van der Waals surface area contributed by atoms with Gasteiger partial charge in [0.1, 0.15) is 17.5 Å². The van der Waals surface area contributed by atoms with E-state index in [0.29, 0.717) is 17.7 Å². The number of hydrogen-bond donors (Lipinski definition) is 0. The lowest BCUT2D eigenvalue weighted by molar-refractivity contribution is 0.527. The van der Waals surface area contributed by atoms with Gasteiger partial charge in [-0.25, -0.2) is 13.2 Å². The summed E-state index contributed by atoms with van der Waals surface area (Å²) in [4.78, 5) is -0.634. The van der Waals surface area contributed by atoms with Crippen LogP contribution in [0.25, 0.3) is 0 Å². The van der Waals surface area contributed by atoms with Gasteiger partial charge in [-0.1, -0.05) is 15.9 Å². The van der Waals surface area contributed by atoms with E-state index in [-0.39, 0.29) is 5.56 Å². The van der Waals surface area contributed by atoms with Gasteiger partial charge in [-0.05, 0) is 32.9 Å². The zero-order valence-electron chi connectivity index (χ0n) is 8.18. The minimum Gasteiger partial charge on any atom is -0.207 e. The second-order valence-corrected chi connectivity index (χ2v) is 6.54. The second kappa shape index (κ2) is 5.12. The number of thiophene rings is 1. The van der Waals surface area contributed by atoms with Gasteiger partial charge in [0.05, 0.1) is 8.61 Å². The van der Waals surface area contributed by atoms with Crippen LogP contribution in [0.15, 0.2) is 27.4 Å². The maximum Gasteiger partial charge on any atom is 0.133 e. The molecule has 2 rings (SSSR count). The van der Waals surface area contributed by atoms with Crippen molar-refractivity contribution in [3.63, 3.8) is 0 Å². The molecule has 90 valence electrons. The minimum atomic E-state index is -0.921. The van der Waals surface area contributed by atoms with Crippen LogP contribution in [-0.2, 0) is 0 Å². The average Bonchev–Trinajstić information content (AvgIpc) is 2.63. The Balaban J connectivity index is 2.47. The van der Waals surface area contributed by atoms with Crippen LogP contribution in [-0.4, -0.2) is 0 Å². The van der Waals surface area contributed by atoms with Gasteiger partial charge >= 0.3 is 0 Å². The summed E-state index contributed by atoms with van der Waals surface area (Å²) in [6.45, 7) is 0. The van der Waals surface area contributed by atoms with Gasteiger partial charge in [-0.3, -0.25) is 0 Å². The zero-order chi connectivity index (χ0) is 12.6. The molecule has 1 unspecified atom stereocenters. The predicted molar refractivity (Wildman–Crippen MR) is 69.1 cm³/mol. The molecule has 0 bridgehead atoms. The van der Waals surface area contributed by atoms with Gasteiger partial charge in [-0.15, -0.1) is 11.3 Å². The first-order chi connectivity index (χ1) is 7.99. The molecule has 0 aliphatic carbocycles. The molecule has 1 heterocycles. The van der Waals surface area contributed by atoms with E-state index >= 15 is 0 Å². The normalized spacial score (nSPS) is 12.8. The van der Waals surface area contributed by atoms with Crippen molar-refractivity contribution in [2.24, 2.45) is 0 Å². The number of halogens is 5. The molecule has 0 amide bonds. The van der Waals surface area contributed by atoms with E-state index in [1.165, 1.54) is 11.3 Å². The van der Waals surface area contributed by atoms with Gasteiger partial charge in [0.15, 0.2) is 0 Å². The second-order valence-electron chi connectivity index (χ2n) is 3.33. The van der Waals surface area contributed by atoms with Crippen LogP contribution in [0.2, 0.25) is 0 Å². The van der Waals surface area contributed by atoms with Crippen molar-refractivity contribution in [1.82, 2.24) is 0 Å². The van der Waals surface area contributed by atoms with E-state index in [0.717, 1.165) is 3.79 Å². The summed E-state index contributed by atoms with van der Waals surface area (Å²) in [5.74, 6) is -2.71. The number of rotatable bonds is 2. The molecule has 1 atom stereocenters. The van der Waals surface area contributed by atoms with Crippen molar-refractivity contribution in [2.45, 2.75) is 4.83 Å². The highest BCUT2D eigenvalue weighted by atomic mass is 79.9. The molecule has 0 aliphatic heterocycles. The third kappa shape index (κ3) is 2.74. The maximum atomic E-state index is 13.5. The first kappa shape index (κ1) is 13.1. The third-order valence-electron chi connectivity index (χ3n) is 2.18. The van der Waals surface area contributed by atoms with Crippen molar-refractivity contribution in [3.8, 4) is 0 Å². The Hall–Kier alpha value is -0.330. The summed E-state index contributed by atoms with van der Waals surface area (Å²) < 4.78 is 40.7. The van der Waals surface area contributed by atoms with E-state index < -0.39 is 22.3 Å². The Kier molecular flexibility index (Phi) is 3.95. The number of benzene rings is 1. The van der Waals surface area contributed by atoms with E-state index in [2.05, 4.69) is 31.9 Å². The van der Waals surface area contributed by atoms with Crippen LogP contribution in [0.3, 0.4) is 0 Å². The molecule has 0 saturated carbocycles. The number of alkyl halides is 1. The number of hydrogen-bond acceptors (Lipinski definition) is 1. The van der Waals surface area contributed by atoms with E-state index in [1.54, 1.807) is 11.4 Å². The topological polar surface area (TPSA) is 0 Å². The summed E-state index contributed by atoms with van der Waals surface area (Å²) in [5, 5.41) is 1.77. The molecule has 1 aromatic heterocycles. The molecule has 17 heavy (non-hydrogen) atoms. The Morgan fingerprint density at radius 3 is 2.12 bits per heavy atom. The molecule has 0 aliphatic rings. The minimum absolute atomic E-state index is 0.184. The van der Waals surface area contributed by atoms with Crippen LogP contribution in [0, 0.1) is 17.5 Å². The van der Waals surface area contributed by atoms with Crippen molar-refractivity contribution in [3.05, 3.63) is 55.9 Å². The van der Waals surface area contributed by atoms with Crippen LogP contribution in [0.1, 0.15) is 16.0 Å². The molecule has 0 fully saturated rings. The summed E-state index contributed by atoms with van der Waals surface area (Å²) in [6.07, 6.45) is 0. The summed E-state index contributed by atoms with van der Waals surface area (Å²) in [5.41, 5.74) is 0.531. The quantitative estimate of drug-likeness (QED) is 0.606. The summed E-state index contributed by atoms with van der Waals surface area (Å²) in [6, 6.07) is 3.11. The van der Waals surface area contributed by atoms with Crippen molar-refractivity contribution in [1.29, 1.82) is 0 Å². The molecular formula is C11H5Br2F3S. The van der Waals surface area contributed by atoms with Gasteiger partial charge in [0.2, 0.25) is 0 Å². The highest BCUT2D eigenvalue weighted by Gasteiger charge is 2.21. The first-order valence-electron chi connectivity index (χ1n) is 4.51. The van der Waals surface area contributed by atoms with Gasteiger partial charge in [0.25, 0.3) is 0 Å². The monoisotopic (exact) mass is 384 g/mol. The van der Waals surface area contributed by atoms with Gasteiger partial charge in [-0.2, -0.15) is 0 Å². The SMILES string of the molecule is Fc1cc(F)c(C(Br)c2csc(Br)c2)c(F)c1. The van der Waals surface area contributed by atoms with Crippen LogP contribution < -0.4 is 0 Å². The Morgan fingerprint density at radius 1 is 1.06 bits per heavy atom. The largest absolute Gasteiger partial charge is 0.207 e. The lowest BCUT2D eigenvalue weighted by Crippen LogP contribution is -2.00. The van der Waals surface area contributed by atoms with E-state index in [4.69, 9.17) is 0 Å². The Bertz CT molecular complexity index is 530. The molecule has 1 aromatic carbocycles. The lowest BCUT2D eigenvalue weighted by Gasteiger charge is -2.11. The Morgan fingerprint density at radius 2 is 1.65 bits per heavy atom. The van der Waals surface area contributed by atoms with Crippen LogP contribution in [0.4, 0.5) is 13.2 Å². The Labute approximate surface area is 117 Å².